The van der Waals surface area contributed by atoms with Gasteiger partial charge in [-0.1, -0.05) is 48.5 Å². The smallest absolute Gasteiger partial charge is 0.000724 e. The maximum Gasteiger partial charge on any atom is 0.000724 e. The van der Waals surface area contributed by atoms with Crippen molar-refractivity contribution in [1.82, 2.24) is 9.80 Å². The first-order chi connectivity index (χ1) is 10.9. The number of hydrogen-bond acceptors (Lipinski definition) is 2. The summed E-state index contributed by atoms with van der Waals surface area (Å²) in [6.45, 7) is 22.3. The van der Waals surface area contributed by atoms with Crippen LogP contribution in [0.2, 0.25) is 0 Å². The normalized spacial score (nSPS) is 27.0. The van der Waals surface area contributed by atoms with Gasteiger partial charge in [0.1, 0.15) is 0 Å². The van der Waals surface area contributed by atoms with Gasteiger partial charge < -0.3 is 9.80 Å². The van der Waals surface area contributed by atoms with Gasteiger partial charge >= 0.3 is 0 Å². The standard InChI is InChI=1S/C10H21N.C9H19N.C2H6/c1-4-5-11-7-9(2)6-10(3)8-11;1-8(2)9-4-6-10(3)7-5-9;1-2/h9-10H,4-8H2,1-3H3;8-9H,4-7H2,1-3H3;1-2H3/t9-,10+;;. The number of hydrogen-bond donors (Lipinski definition) is 0. The van der Waals surface area contributed by atoms with E-state index in [0.717, 1.165) is 23.7 Å². The Balaban J connectivity index is 0.000000381. The van der Waals surface area contributed by atoms with Crippen molar-refractivity contribution in [2.75, 3.05) is 39.8 Å². The minimum absolute atomic E-state index is 0.897. The number of nitrogens with zero attached hydrogens (tertiary/aromatic N) is 2. The van der Waals surface area contributed by atoms with Crippen LogP contribution in [0.1, 0.15) is 74.1 Å². The van der Waals surface area contributed by atoms with Gasteiger partial charge in [-0.2, -0.15) is 0 Å². The Hall–Kier alpha value is -0.0800. The van der Waals surface area contributed by atoms with Crippen molar-refractivity contribution in [3.8, 4) is 0 Å². The molecule has 0 aromatic rings. The summed E-state index contributed by atoms with van der Waals surface area (Å²) in [5.74, 6) is 3.74. The summed E-state index contributed by atoms with van der Waals surface area (Å²) in [6.07, 6.45) is 5.56. The van der Waals surface area contributed by atoms with Crippen LogP contribution >= 0.6 is 0 Å². The predicted octanol–water partition coefficient (Wildman–Crippen LogP) is 5.38. The summed E-state index contributed by atoms with van der Waals surface area (Å²) < 4.78 is 0. The second-order valence-electron chi connectivity index (χ2n) is 8.09. The molecule has 2 aliphatic rings. The lowest BCUT2D eigenvalue weighted by atomic mass is 9.87. The van der Waals surface area contributed by atoms with Gasteiger partial charge in [-0.05, 0) is 76.0 Å². The molecule has 0 unspecified atom stereocenters. The minimum Gasteiger partial charge on any atom is -0.306 e. The SMILES string of the molecule is CC.CC(C)C1CCN(C)CC1.CCCN1C[C@H](C)C[C@H](C)C1. The molecule has 2 nitrogen and oxygen atoms in total. The molecule has 0 aliphatic carbocycles. The molecule has 2 heterocycles. The second-order valence-corrected chi connectivity index (χ2v) is 8.09. The molecule has 0 saturated carbocycles. The zero-order valence-corrected chi connectivity index (χ0v) is 17.6. The second kappa shape index (κ2) is 13.2. The largest absolute Gasteiger partial charge is 0.306 e. The van der Waals surface area contributed by atoms with Crippen molar-refractivity contribution in [2.45, 2.75) is 74.1 Å². The van der Waals surface area contributed by atoms with Gasteiger partial charge in [0.15, 0.2) is 0 Å². The van der Waals surface area contributed by atoms with Gasteiger partial charge in [-0.25, -0.2) is 0 Å². The molecule has 0 bridgehead atoms. The predicted molar refractivity (Wildman–Crippen MR) is 106 cm³/mol. The van der Waals surface area contributed by atoms with Crippen LogP contribution in [0.3, 0.4) is 0 Å². The molecule has 2 saturated heterocycles. The van der Waals surface area contributed by atoms with Gasteiger partial charge in [0.2, 0.25) is 0 Å². The lowest BCUT2D eigenvalue weighted by Crippen LogP contribution is -2.38. The van der Waals surface area contributed by atoms with Crippen LogP contribution in [0.25, 0.3) is 0 Å². The molecule has 2 rings (SSSR count). The Morgan fingerprint density at radius 1 is 0.957 bits per heavy atom. The molecule has 2 aliphatic heterocycles. The summed E-state index contributed by atoms with van der Waals surface area (Å²) in [5.41, 5.74) is 0. The molecule has 0 N–H and O–H groups in total. The van der Waals surface area contributed by atoms with Crippen LogP contribution < -0.4 is 0 Å². The van der Waals surface area contributed by atoms with Gasteiger partial charge in [-0.3, -0.25) is 0 Å². The molecule has 0 radical (unpaired) electrons. The molecule has 0 amide bonds. The third-order valence-corrected chi connectivity index (χ3v) is 5.19. The highest BCUT2D eigenvalue weighted by molar-refractivity contribution is 4.74. The third-order valence-electron chi connectivity index (χ3n) is 5.19. The van der Waals surface area contributed by atoms with Crippen LogP contribution in [0.15, 0.2) is 0 Å². The fourth-order valence-electron chi connectivity index (χ4n) is 3.99. The Kier molecular flexibility index (Phi) is 13.2. The zero-order valence-electron chi connectivity index (χ0n) is 17.6. The van der Waals surface area contributed by atoms with Crippen LogP contribution in [0.5, 0.6) is 0 Å². The van der Waals surface area contributed by atoms with Crippen molar-refractivity contribution in [2.24, 2.45) is 23.7 Å². The first-order valence-electron chi connectivity index (χ1n) is 10.3. The fourth-order valence-corrected chi connectivity index (χ4v) is 3.99. The fraction of sp³-hybridized carbons (Fsp3) is 1.00. The molecule has 140 valence electrons. The summed E-state index contributed by atoms with van der Waals surface area (Å²) in [6, 6.07) is 0. The number of likely N-dealkylation sites (tertiary alicyclic amines) is 2. The molecular formula is C21H46N2. The highest BCUT2D eigenvalue weighted by Gasteiger charge is 2.20. The first-order valence-corrected chi connectivity index (χ1v) is 10.3. The molecule has 0 spiro atoms. The number of rotatable bonds is 3. The van der Waals surface area contributed by atoms with E-state index in [9.17, 15) is 0 Å². The monoisotopic (exact) mass is 326 g/mol. The molecule has 2 fully saturated rings. The van der Waals surface area contributed by atoms with E-state index in [0.29, 0.717) is 0 Å². The van der Waals surface area contributed by atoms with Crippen molar-refractivity contribution in [3.05, 3.63) is 0 Å². The average molecular weight is 327 g/mol. The molecule has 2 atom stereocenters. The summed E-state index contributed by atoms with van der Waals surface area (Å²) >= 11 is 0. The number of piperidine rings is 2. The zero-order chi connectivity index (χ0) is 17.8. The summed E-state index contributed by atoms with van der Waals surface area (Å²) in [7, 11) is 2.22. The summed E-state index contributed by atoms with van der Waals surface area (Å²) in [5, 5.41) is 0. The van der Waals surface area contributed by atoms with Crippen LogP contribution in [-0.4, -0.2) is 49.6 Å². The van der Waals surface area contributed by atoms with E-state index in [1.807, 2.05) is 13.8 Å². The minimum atomic E-state index is 0.897. The van der Waals surface area contributed by atoms with Crippen molar-refractivity contribution >= 4 is 0 Å². The molecule has 2 heteroatoms. The molecular weight excluding hydrogens is 280 g/mol. The van der Waals surface area contributed by atoms with E-state index >= 15 is 0 Å². The van der Waals surface area contributed by atoms with E-state index in [2.05, 4.69) is 51.5 Å². The van der Waals surface area contributed by atoms with Crippen LogP contribution in [0.4, 0.5) is 0 Å². The topological polar surface area (TPSA) is 6.48 Å². The highest BCUT2D eigenvalue weighted by atomic mass is 15.1. The summed E-state index contributed by atoms with van der Waals surface area (Å²) in [4.78, 5) is 5.04. The lowest BCUT2D eigenvalue weighted by molar-refractivity contribution is 0.141. The maximum absolute atomic E-state index is 2.61. The Morgan fingerprint density at radius 3 is 1.83 bits per heavy atom. The lowest BCUT2D eigenvalue weighted by Gasteiger charge is -2.34. The van der Waals surface area contributed by atoms with Gasteiger partial charge in [0.25, 0.3) is 0 Å². The molecule has 23 heavy (non-hydrogen) atoms. The Morgan fingerprint density at radius 2 is 1.43 bits per heavy atom. The Labute approximate surface area is 148 Å². The first kappa shape index (κ1) is 22.9. The quantitative estimate of drug-likeness (QED) is 0.686. The Bertz CT molecular complexity index is 247. The van der Waals surface area contributed by atoms with Crippen LogP contribution in [-0.2, 0) is 0 Å². The maximum atomic E-state index is 2.61. The van der Waals surface area contributed by atoms with Gasteiger partial charge in [0.05, 0.1) is 0 Å². The average Bonchev–Trinajstić information content (AvgIpc) is 2.50. The van der Waals surface area contributed by atoms with Crippen molar-refractivity contribution < 1.29 is 0 Å². The van der Waals surface area contributed by atoms with E-state index < -0.39 is 0 Å². The van der Waals surface area contributed by atoms with E-state index in [1.165, 1.54) is 58.4 Å². The van der Waals surface area contributed by atoms with Crippen molar-refractivity contribution in [1.29, 1.82) is 0 Å². The van der Waals surface area contributed by atoms with E-state index in [1.54, 1.807) is 0 Å². The van der Waals surface area contributed by atoms with Crippen molar-refractivity contribution in [3.63, 3.8) is 0 Å². The molecule has 0 aromatic heterocycles. The third kappa shape index (κ3) is 10.4. The van der Waals surface area contributed by atoms with Gasteiger partial charge in [0, 0.05) is 13.1 Å². The van der Waals surface area contributed by atoms with E-state index in [-0.39, 0.29) is 0 Å². The van der Waals surface area contributed by atoms with E-state index in [4.69, 9.17) is 0 Å². The van der Waals surface area contributed by atoms with Gasteiger partial charge in [-0.15, -0.1) is 0 Å². The molecule has 0 aromatic carbocycles. The van der Waals surface area contributed by atoms with Crippen LogP contribution in [0, 0.1) is 23.7 Å². The highest BCUT2D eigenvalue weighted by Crippen LogP contribution is 2.23.